The van der Waals surface area contributed by atoms with Crippen molar-refractivity contribution in [3.63, 3.8) is 0 Å². The molecule has 1 N–H and O–H groups in total. The maximum atomic E-state index is 13.2. The normalized spacial score (nSPS) is 17.3. The fraction of sp³-hybridized carbons (Fsp3) is 0.143. The lowest BCUT2D eigenvalue weighted by atomic mass is 10.1. The van der Waals surface area contributed by atoms with E-state index >= 15 is 0 Å². The van der Waals surface area contributed by atoms with Crippen LogP contribution in [0.15, 0.2) is 45.8 Å². The lowest BCUT2D eigenvalue weighted by Gasteiger charge is -2.20. The van der Waals surface area contributed by atoms with Crippen molar-refractivity contribution in [3.8, 4) is 6.07 Å². The summed E-state index contributed by atoms with van der Waals surface area (Å²) in [6, 6.07) is 6.05. The van der Waals surface area contributed by atoms with E-state index < -0.39 is 0 Å². The number of benzene rings is 1. The van der Waals surface area contributed by atoms with E-state index in [2.05, 4.69) is 36.3 Å². The van der Waals surface area contributed by atoms with Gasteiger partial charge in [-0.15, -0.1) is 5.10 Å². The minimum atomic E-state index is -0.315. The first-order valence-corrected chi connectivity index (χ1v) is 7.16. The van der Waals surface area contributed by atoms with E-state index in [1.807, 2.05) is 19.1 Å². The van der Waals surface area contributed by atoms with Gasteiger partial charge in [-0.2, -0.15) is 9.94 Å². The van der Waals surface area contributed by atoms with Crippen LogP contribution in [0.5, 0.6) is 0 Å². The molecule has 8 heteroatoms. The molecule has 6 nitrogen and oxygen atoms in total. The van der Waals surface area contributed by atoms with E-state index in [0.717, 1.165) is 11.3 Å². The van der Waals surface area contributed by atoms with Gasteiger partial charge in [0.05, 0.1) is 6.04 Å². The van der Waals surface area contributed by atoms with Gasteiger partial charge in [-0.3, -0.25) is 0 Å². The molecule has 0 saturated carbocycles. The molecule has 110 valence electrons. The second kappa shape index (κ2) is 5.69. The van der Waals surface area contributed by atoms with Gasteiger partial charge in [-0.1, -0.05) is 22.0 Å². The zero-order valence-electron chi connectivity index (χ0n) is 11.5. The molecule has 2 heterocycles. The third kappa shape index (κ3) is 2.76. The molecule has 0 aliphatic carbocycles. The first kappa shape index (κ1) is 14.4. The number of halogens is 2. The van der Waals surface area contributed by atoms with Crippen LogP contribution in [0.3, 0.4) is 0 Å². The molecule has 1 aliphatic heterocycles. The van der Waals surface area contributed by atoms with Gasteiger partial charge >= 0.3 is 0 Å². The van der Waals surface area contributed by atoms with E-state index in [4.69, 9.17) is 5.26 Å². The van der Waals surface area contributed by atoms with E-state index in [0.29, 0.717) is 10.4 Å². The number of nitrogens with one attached hydrogen (secondary N) is 1. The monoisotopic (exact) mass is 360 g/mol. The van der Waals surface area contributed by atoms with Crippen LogP contribution in [0.1, 0.15) is 24.4 Å². The second-order valence-corrected chi connectivity index (χ2v) is 5.52. The highest BCUT2D eigenvalue weighted by Gasteiger charge is 2.19. The number of hydrogen-bond acceptors (Lipinski definition) is 5. The van der Waals surface area contributed by atoms with Gasteiger partial charge < -0.3 is 5.32 Å². The Bertz CT molecular complexity index is 832. The maximum absolute atomic E-state index is 13.2. The highest BCUT2D eigenvalue weighted by molar-refractivity contribution is 9.10. The van der Waals surface area contributed by atoms with E-state index in [-0.39, 0.29) is 17.7 Å². The molecule has 22 heavy (non-hydrogen) atoms. The number of allylic oxidation sites excluding steroid dienone is 1. The number of hydrogen-bond donors (Lipinski definition) is 1. The molecule has 0 bridgehead atoms. The predicted molar refractivity (Wildman–Crippen MR) is 81.3 cm³/mol. The summed E-state index contributed by atoms with van der Waals surface area (Å²) < 4.78 is 15.3. The Balaban J connectivity index is 2.00. The number of nitriles is 1. The quantitative estimate of drug-likeness (QED) is 0.847. The first-order valence-electron chi connectivity index (χ1n) is 6.37. The summed E-state index contributed by atoms with van der Waals surface area (Å²) in [5.41, 5.74) is 1.71. The van der Waals surface area contributed by atoms with Crippen molar-refractivity contribution in [2.45, 2.75) is 13.0 Å². The van der Waals surface area contributed by atoms with Crippen LogP contribution >= 0.6 is 15.9 Å². The van der Waals surface area contributed by atoms with Gasteiger partial charge in [-0.25, -0.2) is 14.4 Å². The molecule has 0 fully saturated rings. The lowest BCUT2D eigenvalue weighted by molar-refractivity contribution is 0.625. The number of rotatable bonds is 1. The summed E-state index contributed by atoms with van der Waals surface area (Å²) in [6.45, 7) is 1.89. The third-order valence-corrected chi connectivity index (χ3v) is 3.75. The Kier molecular flexibility index (Phi) is 3.73. The van der Waals surface area contributed by atoms with Crippen LogP contribution in [0.2, 0.25) is 0 Å². The highest BCUT2D eigenvalue weighted by Crippen LogP contribution is 2.30. The average Bonchev–Trinajstić information content (AvgIpc) is 2.95. The van der Waals surface area contributed by atoms with Crippen LogP contribution in [-0.2, 0) is 0 Å². The second-order valence-electron chi connectivity index (χ2n) is 4.66. The Morgan fingerprint density at radius 3 is 2.95 bits per heavy atom. The Hall–Kier alpha value is -2.53. The molecule has 2 aromatic rings. The van der Waals surface area contributed by atoms with Crippen LogP contribution in [0.4, 0.5) is 4.39 Å². The summed E-state index contributed by atoms with van der Waals surface area (Å²) in [6.07, 6.45) is 3.34. The van der Waals surface area contributed by atoms with Crippen LogP contribution < -0.4 is 5.32 Å². The molecule has 1 unspecified atom stereocenters. The fourth-order valence-corrected chi connectivity index (χ4v) is 2.67. The van der Waals surface area contributed by atoms with Gasteiger partial charge in [0.15, 0.2) is 0 Å². The summed E-state index contributed by atoms with van der Waals surface area (Å²) in [5.74, 6) is 0.204. The summed E-state index contributed by atoms with van der Waals surface area (Å²) in [4.78, 5) is 8.39. The van der Waals surface area contributed by atoms with Gasteiger partial charge in [0, 0.05) is 10.2 Å². The average molecular weight is 361 g/mol. The maximum Gasteiger partial charge on any atom is 0.252 e. The van der Waals surface area contributed by atoms with E-state index in [1.165, 1.54) is 23.1 Å². The van der Waals surface area contributed by atoms with Crippen LogP contribution in [0, 0.1) is 17.1 Å². The summed E-state index contributed by atoms with van der Waals surface area (Å²) in [7, 11) is 0. The molecule has 0 radical (unpaired) electrons. The van der Waals surface area contributed by atoms with Gasteiger partial charge in [0.1, 0.15) is 18.2 Å². The standard InChI is InChI=1S/C14H10BrFN6/c1-8-4-12(10-3-2-9(16)5-11(10)15)20-14(19-8)22-7-18-13(6-17)21-22/h2-5,7,12H,1H3,(H,19,20). The van der Waals surface area contributed by atoms with Crippen molar-refractivity contribution in [1.29, 1.82) is 5.26 Å². The van der Waals surface area contributed by atoms with Crippen molar-refractivity contribution < 1.29 is 4.39 Å². The lowest BCUT2D eigenvalue weighted by Crippen LogP contribution is -2.33. The molecule has 0 spiro atoms. The van der Waals surface area contributed by atoms with E-state index in [9.17, 15) is 4.39 Å². The molecule has 1 aromatic heterocycles. The third-order valence-electron chi connectivity index (χ3n) is 3.07. The number of nitrogens with zero attached hydrogens (tertiary/aromatic N) is 5. The summed E-state index contributed by atoms with van der Waals surface area (Å²) >= 11 is 3.36. The SMILES string of the molecule is CC1=CC(c2ccc(F)cc2Br)N=C(n2cnc(C#N)n2)N1. The molecule has 1 atom stereocenters. The molecule has 0 saturated heterocycles. The molecule has 3 rings (SSSR count). The molecular weight excluding hydrogens is 351 g/mol. The van der Waals surface area contributed by atoms with Crippen molar-refractivity contribution in [1.82, 2.24) is 20.1 Å². The zero-order valence-corrected chi connectivity index (χ0v) is 13.0. The van der Waals surface area contributed by atoms with Gasteiger partial charge in [-0.05, 0) is 30.7 Å². The van der Waals surface area contributed by atoms with Gasteiger partial charge in [0.2, 0.25) is 5.96 Å². The Labute approximate surface area is 134 Å². The van der Waals surface area contributed by atoms with Crippen LogP contribution in [0.25, 0.3) is 0 Å². The molecule has 0 amide bonds. The fourth-order valence-electron chi connectivity index (χ4n) is 2.09. The zero-order chi connectivity index (χ0) is 15.7. The minimum absolute atomic E-state index is 0.0659. The minimum Gasteiger partial charge on any atom is -0.329 e. The van der Waals surface area contributed by atoms with Crippen molar-refractivity contribution >= 4 is 21.9 Å². The topological polar surface area (TPSA) is 78.9 Å². The first-order chi connectivity index (χ1) is 10.6. The highest BCUT2D eigenvalue weighted by atomic mass is 79.9. The van der Waals surface area contributed by atoms with Crippen LogP contribution in [-0.4, -0.2) is 20.7 Å². The smallest absolute Gasteiger partial charge is 0.252 e. The number of aromatic nitrogens is 3. The van der Waals surface area contributed by atoms with Gasteiger partial charge in [0.25, 0.3) is 5.82 Å². The van der Waals surface area contributed by atoms with Crippen molar-refractivity contribution in [3.05, 3.63) is 58.0 Å². The Morgan fingerprint density at radius 1 is 1.45 bits per heavy atom. The largest absolute Gasteiger partial charge is 0.329 e. The van der Waals surface area contributed by atoms with Crippen molar-refractivity contribution in [2.24, 2.45) is 4.99 Å². The number of aliphatic imine (C=N–C) groups is 1. The van der Waals surface area contributed by atoms with E-state index in [1.54, 1.807) is 6.07 Å². The molecule has 1 aliphatic rings. The molecular formula is C14H10BrFN6. The molecule has 1 aromatic carbocycles. The van der Waals surface area contributed by atoms with Crippen molar-refractivity contribution in [2.75, 3.05) is 0 Å². The summed E-state index contributed by atoms with van der Waals surface area (Å²) in [5, 5.41) is 15.9. The predicted octanol–water partition coefficient (Wildman–Crippen LogP) is 2.50. The Morgan fingerprint density at radius 2 is 2.27 bits per heavy atom.